The van der Waals surface area contributed by atoms with Gasteiger partial charge in [-0.15, -0.1) is 0 Å². The number of phenolic OH excluding ortho intramolecular Hbond substituents is 1. The average Bonchev–Trinajstić information content (AvgIpc) is 2.58. The number of benzene rings is 2. The van der Waals surface area contributed by atoms with E-state index in [1.807, 2.05) is 36.4 Å². The summed E-state index contributed by atoms with van der Waals surface area (Å²) in [7, 11) is 0. The van der Waals surface area contributed by atoms with Crippen molar-refractivity contribution >= 4 is 11.6 Å². The first-order valence-electron chi connectivity index (χ1n) is 7.29. The number of phenols is 1. The SMILES string of the molecule is O=C(Nc1ccc(Cc2ccncc2)cc1)c1ccccc1O. The third-order valence-corrected chi connectivity index (χ3v) is 3.52. The van der Waals surface area contributed by atoms with Crippen LogP contribution in [0, 0.1) is 0 Å². The summed E-state index contributed by atoms with van der Waals surface area (Å²) in [5, 5.41) is 12.5. The van der Waals surface area contributed by atoms with Crippen LogP contribution < -0.4 is 5.32 Å². The van der Waals surface area contributed by atoms with Crippen LogP contribution in [0.3, 0.4) is 0 Å². The van der Waals surface area contributed by atoms with Crippen LogP contribution in [0.4, 0.5) is 5.69 Å². The Balaban J connectivity index is 1.68. The number of carbonyl (C=O) groups excluding carboxylic acids is 1. The van der Waals surface area contributed by atoms with Crippen molar-refractivity contribution < 1.29 is 9.90 Å². The quantitative estimate of drug-likeness (QED) is 0.773. The van der Waals surface area contributed by atoms with Gasteiger partial charge in [-0.1, -0.05) is 24.3 Å². The molecule has 0 radical (unpaired) electrons. The second-order valence-electron chi connectivity index (χ2n) is 5.20. The predicted molar refractivity (Wildman–Crippen MR) is 89.5 cm³/mol. The summed E-state index contributed by atoms with van der Waals surface area (Å²) in [6.45, 7) is 0. The zero-order valence-corrected chi connectivity index (χ0v) is 12.4. The molecule has 0 saturated heterocycles. The lowest BCUT2D eigenvalue weighted by molar-refractivity contribution is 0.102. The van der Waals surface area contributed by atoms with E-state index in [4.69, 9.17) is 0 Å². The van der Waals surface area contributed by atoms with E-state index < -0.39 is 0 Å². The van der Waals surface area contributed by atoms with Crippen molar-refractivity contribution in [2.45, 2.75) is 6.42 Å². The van der Waals surface area contributed by atoms with Gasteiger partial charge in [-0.05, 0) is 53.9 Å². The second kappa shape index (κ2) is 6.75. The maximum Gasteiger partial charge on any atom is 0.259 e. The van der Waals surface area contributed by atoms with Crippen LogP contribution in [-0.2, 0) is 6.42 Å². The van der Waals surface area contributed by atoms with E-state index in [2.05, 4.69) is 10.3 Å². The highest BCUT2D eigenvalue weighted by molar-refractivity contribution is 6.06. The largest absolute Gasteiger partial charge is 0.507 e. The number of anilines is 1. The molecule has 2 aromatic carbocycles. The van der Waals surface area contributed by atoms with Crippen LogP contribution in [0.15, 0.2) is 73.1 Å². The molecule has 0 fully saturated rings. The Kier molecular flexibility index (Phi) is 4.34. The van der Waals surface area contributed by atoms with E-state index in [1.54, 1.807) is 30.6 Å². The lowest BCUT2D eigenvalue weighted by Gasteiger charge is -2.08. The van der Waals surface area contributed by atoms with Crippen LogP contribution in [0.2, 0.25) is 0 Å². The molecule has 1 amide bonds. The van der Waals surface area contributed by atoms with E-state index in [1.165, 1.54) is 11.6 Å². The van der Waals surface area contributed by atoms with Crippen molar-refractivity contribution in [3.05, 3.63) is 89.7 Å². The molecule has 0 unspecified atom stereocenters. The lowest BCUT2D eigenvalue weighted by Crippen LogP contribution is -2.11. The van der Waals surface area contributed by atoms with Gasteiger partial charge in [-0.3, -0.25) is 9.78 Å². The molecule has 4 heteroatoms. The molecule has 4 nitrogen and oxygen atoms in total. The number of hydrogen-bond donors (Lipinski definition) is 2. The highest BCUT2D eigenvalue weighted by Crippen LogP contribution is 2.18. The number of carbonyl (C=O) groups is 1. The molecule has 3 rings (SSSR count). The second-order valence-corrected chi connectivity index (χ2v) is 5.20. The van der Waals surface area contributed by atoms with Crippen LogP contribution in [0.25, 0.3) is 0 Å². The number of nitrogens with zero attached hydrogens (tertiary/aromatic N) is 1. The van der Waals surface area contributed by atoms with Crippen molar-refractivity contribution in [2.75, 3.05) is 5.32 Å². The molecule has 114 valence electrons. The third kappa shape index (κ3) is 3.74. The molecule has 1 heterocycles. The third-order valence-electron chi connectivity index (χ3n) is 3.52. The molecule has 0 aliphatic rings. The zero-order valence-electron chi connectivity index (χ0n) is 12.4. The Bertz CT molecular complexity index is 799. The van der Waals surface area contributed by atoms with Gasteiger partial charge in [0.25, 0.3) is 5.91 Å². The number of aromatic nitrogens is 1. The summed E-state index contributed by atoms with van der Waals surface area (Å²) in [5.41, 5.74) is 3.29. The zero-order chi connectivity index (χ0) is 16.1. The minimum atomic E-state index is -0.329. The number of hydrogen-bond acceptors (Lipinski definition) is 3. The summed E-state index contributed by atoms with van der Waals surface area (Å²) in [5.74, 6) is -0.357. The van der Waals surface area contributed by atoms with Gasteiger partial charge in [0.15, 0.2) is 0 Å². The van der Waals surface area contributed by atoms with Gasteiger partial charge >= 0.3 is 0 Å². The smallest absolute Gasteiger partial charge is 0.259 e. The first-order valence-corrected chi connectivity index (χ1v) is 7.29. The van der Waals surface area contributed by atoms with Crippen LogP contribution in [0.1, 0.15) is 21.5 Å². The highest BCUT2D eigenvalue weighted by Gasteiger charge is 2.10. The van der Waals surface area contributed by atoms with E-state index >= 15 is 0 Å². The summed E-state index contributed by atoms with van der Waals surface area (Å²) in [6, 6.07) is 18.1. The Morgan fingerprint density at radius 3 is 2.26 bits per heavy atom. The van der Waals surface area contributed by atoms with Crippen molar-refractivity contribution in [1.29, 1.82) is 0 Å². The molecule has 0 atom stereocenters. The van der Waals surface area contributed by atoms with Crippen LogP contribution in [-0.4, -0.2) is 16.0 Å². The molecule has 0 saturated carbocycles. The standard InChI is InChI=1S/C19H16N2O2/c22-18-4-2-1-3-17(18)19(23)21-16-7-5-14(6-8-16)13-15-9-11-20-12-10-15/h1-12,22H,13H2,(H,21,23). The summed E-state index contributed by atoms with van der Waals surface area (Å²) in [6.07, 6.45) is 4.36. The molecule has 0 aliphatic carbocycles. The monoisotopic (exact) mass is 304 g/mol. The fourth-order valence-electron chi connectivity index (χ4n) is 2.31. The van der Waals surface area contributed by atoms with Gasteiger partial charge in [0, 0.05) is 18.1 Å². The number of amides is 1. The molecular formula is C19H16N2O2. The van der Waals surface area contributed by atoms with Crippen molar-refractivity contribution in [3.63, 3.8) is 0 Å². The summed E-state index contributed by atoms with van der Waals surface area (Å²) >= 11 is 0. The predicted octanol–water partition coefficient (Wildman–Crippen LogP) is 3.63. The van der Waals surface area contributed by atoms with E-state index in [0.717, 1.165) is 12.0 Å². The average molecular weight is 304 g/mol. The molecule has 23 heavy (non-hydrogen) atoms. The Morgan fingerprint density at radius 2 is 1.57 bits per heavy atom. The molecule has 1 aromatic heterocycles. The molecule has 0 spiro atoms. The van der Waals surface area contributed by atoms with Gasteiger partial charge in [0.05, 0.1) is 5.56 Å². The maximum atomic E-state index is 12.1. The summed E-state index contributed by atoms with van der Waals surface area (Å²) in [4.78, 5) is 16.1. The highest BCUT2D eigenvalue weighted by atomic mass is 16.3. The van der Waals surface area contributed by atoms with Gasteiger partial charge in [-0.2, -0.15) is 0 Å². The van der Waals surface area contributed by atoms with Crippen LogP contribution >= 0.6 is 0 Å². The number of para-hydroxylation sites is 1. The topological polar surface area (TPSA) is 62.2 Å². The fraction of sp³-hybridized carbons (Fsp3) is 0.0526. The molecule has 0 bridgehead atoms. The van der Waals surface area contributed by atoms with E-state index in [0.29, 0.717) is 5.69 Å². The van der Waals surface area contributed by atoms with Gasteiger partial charge in [-0.25, -0.2) is 0 Å². The first-order chi connectivity index (χ1) is 11.2. The normalized spacial score (nSPS) is 10.3. The number of rotatable bonds is 4. The van der Waals surface area contributed by atoms with E-state index in [9.17, 15) is 9.90 Å². The Labute approximate surface area is 134 Å². The first kappa shape index (κ1) is 14.8. The van der Waals surface area contributed by atoms with Crippen LogP contribution in [0.5, 0.6) is 5.75 Å². The molecule has 2 N–H and O–H groups in total. The maximum absolute atomic E-state index is 12.1. The van der Waals surface area contributed by atoms with Crippen molar-refractivity contribution in [3.8, 4) is 5.75 Å². The van der Waals surface area contributed by atoms with Gasteiger partial charge in [0.1, 0.15) is 5.75 Å². The van der Waals surface area contributed by atoms with E-state index in [-0.39, 0.29) is 17.2 Å². The minimum absolute atomic E-state index is 0.0284. The number of pyridine rings is 1. The number of aromatic hydroxyl groups is 1. The molecule has 0 aliphatic heterocycles. The Morgan fingerprint density at radius 1 is 0.913 bits per heavy atom. The van der Waals surface area contributed by atoms with Crippen molar-refractivity contribution in [1.82, 2.24) is 4.98 Å². The molecule has 3 aromatic rings. The Hall–Kier alpha value is -3.14. The summed E-state index contributed by atoms with van der Waals surface area (Å²) < 4.78 is 0. The minimum Gasteiger partial charge on any atom is -0.507 e. The van der Waals surface area contributed by atoms with Gasteiger partial charge < -0.3 is 10.4 Å². The number of nitrogens with one attached hydrogen (secondary N) is 1. The molecular weight excluding hydrogens is 288 g/mol. The van der Waals surface area contributed by atoms with Gasteiger partial charge in [0.2, 0.25) is 0 Å². The fourth-order valence-corrected chi connectivity index (χ4v) is 2.31. The lowest BCUT2D eigenvalue weighted by atomic mass is 10.1. The van der Waals surface area contributed by atoms with Crippen molar-refractivity contribution in [2.24, 2.45) is 0 Å².